The van der Waals surface area contributed by atoms with Crippen molar-refractivity contribution < 1.29 is 14.3 Å². The van der Waals surface area contributed by atoms with Gasteiger partial charge in [0.15, 0.2) is 0 Å². The SMILES string of the molecule is O=C([C@@H]1CCOC1)N1CC[C@@H](OCC2CC2)[C@@H]1Cc1ccccc1. The Hall–Kier alpha value is -1.39. The Labute approximate surface area is 144 Å². The highest BCUT2D eigenvalue weighted by atomic mass is 16.5. The number of rotatable bonds is 6. The number of hydrogen-bond acceptors (Lipinski definition) is 3. The molecule has 0 radical (unpaired) electrons. The summed E-state index contributed by atoms with van der Waals surface area (Å²) in [5.74, 6) is 1.08. The molecule has 2 saturated heterocycles. The summed E-state index contributed by atoms with van der Waals surface area (Å²) in [6.07, 6.45) is 5.49. The normalized spacial score (nSPS) is 30.0. The summed E-state index contributed by atoms with van der Waals surface area (Å²) in [7, 11) is 0. The summed E-state index contributed by atoms with van der Waals surface area (Å²) in [6.45, 7) is 2.99. The minimum Gasteiger partial charge on any atom is -0.381 e. The zero-order valence-corrected chi connectivity index (χ0v) is 14.2. The second kappa shape index (κ2) is 7.24. The van der Waals surface area contributed by atoms with E-state index < -0.39 is 0 Å². The van der Waals surface area contributed by atoms with Crippen LogP contribution in [-0.4, -0.2) is 49.3 Å². The van der Waals surface area contributed by atoms with Crippen LogP contribution in [-0.2, 0) is 20.7 Å². The van der Waals surface area contributed by atoms with Crippen LogP contribution in [0.5, 0.6) is 0 Å². The van der Waals surface area contributed by atoms with Gasteiger partial charge in [-0.15, -0.1) is 0 Å². The largest absolute Gasteiger partial charge is 0.381 e. The summed E-state index contributed by atoms with van der Waals surface area (Å²) in [5.41, 5.74) is 1.28. The molecule has 0 unspecified atom stereocenters. The quantitative estimate of drug-likeness (QED) is 0.805. The number of carbonyl (C=O) groups is 1. The number of carbonyl (C=O) groups excluding carboxylic acids is 1. The first kappa shape index (κ1) is 16.1. The van der Waals surface area contributed by atoms with Gasteiger partial charge in [0.25, 0.3) is 0 Å². The van der Waals surface area contributed by atoms with Crippen molar-refractivity contribution >= 4 is 5.91 Å². The average molecular weight is 329 g/mol. The van der Waals surface area contributed by atoms with Crippen molar-refractivity contribution in [3.63, 3.8) is 0 Å². The predicted molar refractivity (Wildman–Crippen MR) is 91.7 cm³/mol. The van der Waals surface area contributed by atoms with Crippen LogP contribution in [0.15, 0.2) is 30.3 Å². The van der Waals surface area contributed by atoms with Crippen LogP contribution >= 0.6 is 0 Å². The third kappa shape index (κ3) is 3.65. The number of likely N-dealkylation sites (tertiary alicyclic amines) is 1. The monoisotopic (exact) mass is 329 g/mol. The van der Waals surface area contributed by atoms with Crippen molar-refractivity contribution in [1.29, 1.82) is 0 Å². The van der Waals surface area contributed by atoms with E-state index in [2.05, 4.69) is 29.2 Å². The molecule has 3 fully saturated rings. The van der Waals surface area contributed by atoms with Crippen LogP contribution < -0.4 is 0 Å². The van der Waals surface area contributed by atoms with Crippen LogP contribution in [0.2, 0.25) is 0 Å². The Morgan fingerprint density at radius 2 is 2.00 bits per heavy atom. The van der Waals surface area contributed by atoms with E-state index in [1.807, 2.05) is 6.07 Å². The summed E-state index contributed by atoms with van der Waals surface area (Å²) >= 11 is 0. The lowest BCUT2D eigenvalue weighted by molar-refractivity contribution is -0.137. The van der Waals surface area contributed by atoms with Crippen molar-refractivity contribution in [3.8, 4) is 0 Å². The third-order valence-corrected chi connectivity index (χ3v) is 5.58. The maximum Gasteiger partial charge on any atom is 0.228 e. The van der Waals surface area contributed by atoms with E-state index in [1.165, 1.54) is 18.4 Å². The maximum atomic E-state index is 12.9. The highest BCUT2D eigenvalue weighted by molar-refractivity contribution is 5.80. The molecule has 3 aliphatic rings. The number of hydrogen-bond donors (Lipinski definition) is 0. The Balaban J connectivity index is 1.47. The zero-order valence-electron chi connectivity index (χ0n) is 14.2. The van der Waals surface area contributed by atoms with Crippen LogP contribution in [0, 0.1) is 11.8 Å². The Kier molecular flexibility index (Phi) is 4.86. The van der Waals surface area contributed by atoms with Gasteiger partial charge in [0.2, 0.25) is 5.91 Å². The predicted octanol–water partition coefficient (Wildman–Crippen LogP) is 2.66. The molecule has 24 heavy (non-hydrogen) atoms. The van der Waals surface area contributed by atoms with E-state index in [9.17, 15) is 4.79 Å². The number of benzene rings is 1. The smallest absolute Gasteiger partial charge is 0.228 e. The number of ether oxygens (including phenoxy) is 2. The second-order valence-electron chi connectivity index (χ2n) is 7.45. The molecule has 3 atom stereocenters. The highest BCUT2D eigenvalue weighted by Crippen LogP contribution is 2.32. The van der Waals surface area contributed by atoms with E-state index in [1.54, 1.807) is 0 Å². The molecule has 2 aliphatic heterocycles. The van der Waals surface area contributed by atoms with Crippen molar-refractivity contribution in [1.82, 2.24) is 4.90 Å². The first-order valence-electron chi connectivity index (χ1n) is 9.35. The fraction of sp³-hybridized carbons (Fsp3) is 0.650. The molecule has 4 rings (SSSR count). The van der Waals surface area contributed by atoms with Crippen molar-refractivity contribution in [2.75, 3.05) is 26.4 Å². The van der Waals surface area contributed by atoms with E-state index in [4.69, 9.17) is 9.47 Å². The van der Waals surface area contributed by atoms with Gasteiger partial charge in [-0.3, -0.25) is 4.79 Å². The molecule has 1 aromatic carbocycles. The lowest BCUT2D eigenvalue weighted by Crippen LogP contribution is -2.44. The summed E-state index contributed by atoms with van der Waals surface area (Å²) in [5, 5.41) is 0. The van der Waals surface area contributed by atoms with Crippen LogP contribution in [0.1, 0.15) is 31.2 Å². The standard InChI is InChI=1S/C20H27NO3/c22-20(17-9-11-23-14-17)21-10-8-19(24-13-16-6-7-16)18(21)12-15-4-2-1-3-5-15/h1-5,16-19H,6-14H2/t17-,18+,19-/m1/s1. The van der Waals surface area contributed by atoms with Gasteiger partial charge in [0, 0.05) is 19.8 Å². The minimum atomic E-state index is 0.0467. The molecular formula is C20H27NO3. The van der Waals surface area contributed by atoms with Gasteiger partial charge < -0.3 is 14.4 Å². The molecule has 1 saturated carbocycles. The molecule has 0 spiro atoms. The lowest BCUT2D eigenvalue weighted by atomic mass is 10.00. The lowest BCUT2D eigenvalue weighted by Gasteiger charge is -2.30. The molecular weight excluding hydrogens is 302 g/mol. The molecule has 0 bridgehead atoms. The minimum absolute atomic E-state index is 0.0467. The Morgan fingerprint density at radius 3 is 2.71 bits per heavy atom. The van der Waals surface area contributed by atoms with Gasteiger partial charge >= 0.3 is 0 Å². The van der Waals surface area contributed by atoms with Crippen molar-refractivity contribution in [2.45, 2.75) is 44.2 Å². The molecule has 2 heterocycles. The molecule has 1 aromatic rings. The van der Waals surface area contributed by atoms with E-state index in [-0.39, 0.29) is 24.0 Å². The average Bonchev–Trinajstić information content (AvgIpc) is 3.12. The Bertz CT molecular complexity index is 551. The van der Waals surface area contributed by atoms with Gasteiger partial charge in [0.1, 0.15) is 0 Å². The molecule has 1 amide bonds. The highest BCUT2D eigenvalue weighted by Gasteiger charge is 2.41. The number of amides is 1. The molecule has 1 aliphatic carbocycles. The maximum absolute atomic E-state index is 12.9. The molecule has 130 valence electrons. The first-order chi connectivity index (χ1) is 11.8. The number of nitrogens with zero attached hydrogens (tertiary/aromatic N) is 1. The second-order valence-corrected chi connectivity index (χ2v) is 7.45. The zero-order chi connectivity index (χ0) is 16.4. The van der Waals surface area contributed by atoms with Gasteiger partial charge in [-0.1, -0.05) is 30.3 Å². The first-order valence-corrected chi connectivity index (χ1v) is 9.35. The molecule has 4 heteroatoms. The van der Waals surface area contributed by atoms with Gasteiger partial charge in [-0.2, -0.15) is 0 Å². The Morgan fingerprint density at radius 1 is 1.17 bits per heavy atom. The van der Waals surface area contributed by atoms with Crippen LogP contribution in [0.4, 0.5) is 0 Å². The van der Waals surface area contributed by atoms with E-state index in [0.29, 0.717) is 6.61 Å². The van der Waals surface area contributed by atoms with Gasteiger partial charge in [-0.05, 0) is 43.6 Å². The fourth-order valence-electron chi connectivity index (χ4n) is 3.90. The van der Waals surface area contributed by atoms with Gasteiger partial charge in [-0.25, -0.2) is 0 Å². The topological polar surface area (TPSA) is 38.8 Å². The summed E-state index contributed by atoms with van der Waals surface area (Å²) < 4.78 is 11.7. The van der Waals surface area contributed by atoms with E-state index >= 15 is 0 Å². The summed E-state index contributed by atoms with van der Waals surface area (Å²) in [4.78, 5) is 15.0. The van der Waals surface area contributed by atoms with Gasteiger partial charge in [0.05, 0.1) is 24.7 Å². The summed E-state index contributed by atoms with van der Waals surface area (Å²) in [6, 6.07) is 10.6. The third-order valence-electron chi connectivity index (χ3n) is 5.58. The van der Waals surface area contributed by atoms with Crippen LogP contribution in [0.3, 0.4) is 0 Å². The van der Waals surface area contributed by atoms with Crippen LogP contribution in [0.25, 0.3) is 0 Å². The molecule has 0 aromatic heterocycles. The fourth-order valence-corrected chi connectivity index (χ4v) is 3.90. The molecule has 0 N–H and O–H groups in total. The molecule has 4 nitrogen and oxygen atoms in total. The van der Waals surface area contributed by atoms with Crippen molar-refractivity contribution in [3.05, 3.63) is 35.9 Å². The van der Waals surface area contributed by atoms with Crippen molar-refractivity contribution in [2.24, 2.45) is 11.8 Å². The van der Waals surface area contributed by atoms with E-state index in [0.717, 1.165) is 44.9 Å².